The zero-order chi connectivity index (χ0) is 15.5. The topological polar surface area (TPSA) is 48.1 Å². The van der Waals surface area contributed by atoms with E-state index in [1.807, 2.05) is 24.3 Å². The predicted molar refractivity (Wildman–Crippen MR) is 87.7 cm³/mol. The van der Waals surface area contributed by atoms with Crippen molar-refractivity contribution < 1.29 is 9.13 Å². The highest BCUT2D eigenvalue weighted by molar-refractivity contribution is 7.15. The minimum absolute atomic E-state index is 0.261. The summed E-state index contributed by atoms with van der Waals surface area (Å²) in [6.45, 7) is 0. The van der Waals surface area contributed by atoms with Crippen LogP contribution in [0.25, 0.3) is 11.3 Å². The van der Waals surface area contributed by atoms with Gasteiger partial charge in [-0.2, -0.15) is 0 Å². The molecule has 2 aromatic carbocycles. The number of hydrogen-bond acceptors (Lipinski definition) is 4. The number of methoxy groups -OCH3 is 1. The molecule has 0 amide bonds. The van der Waals surface area contributed by atoms with Crippen molar-refractivity contribution >= 4 is 16.5 Å². The van der Waals surface area contributed by atoms with E-state index in [9.17, 15) is 4.39 Å². The molecule has 0 spiro atoms. The summed E-state index contributed by atoms with van der Waals surface area (Å²) < 4.78 is 18.2. The van der Waals surface area contributed by atoms with Crippen LogP contribution in [0.2, 0.25) is 0 Å². The molecule has 3 nitrogen and oxygen atoms in total. The highest BCUT2D eigenvalue weighted by atomic mass is 32.1. The quantitative estimate of drug-likeness (QED) is 0.787. The first-order chi connectivity index (χ1) is 10.7. The molecule has 1 aromatic heterocycles. The van der Waals surface area contributed by atoms with Gasteiger partial charge in [0.05, 0.1) is 12.8 Å². The lowest BCUT2D eigenvalue weighted by Gasteiger charge is -2.04. The summed E-state index contributed by atoms with van der Waals surface area (Å²) in [6, 6.07) is 14.2. The van der Waals surface area contributed by atoms with E-state index < -0.39 is 0 Å². The number of aromatic nitrogens is 1. The molecule has 1 heterocycles. The Morgan fingerprint density at radius 3 is 2.41 bits per heavy atom. The summed E-state index contributed by atoms with van der Waals surface area (Å²) in [4.78, 5) is 5.45. The third-order valence-corrected chi connectivity index (χ3v) is 4.24. The monoisotopic (exact) mass is 314 g/mol. The summed E-state index contributed by atoms with van der Waals surface area (Å²) in [7, 11) is 1.64. The fourth-order valence-corrected chi connectivity index (χ4v) is 3.14. The summed E-state index contributed by atoms with van der Waals surface area (Å²) in [5.74, 6) is 0.565. The maximum absolute atomic E-state index is 13.1. The van der Waals surface area contributed by atoms with Gasteiger partial charge >= 0.3 is 0 Å². The van der Waals surface area contributed by atoms with Gasteiger partial charge in [0, 0.05) is 16.9 Å². The fraction of sp³-hybridized carbons (Fsp3) is 0.118. The van der Waals surface area contributed by atoms with E-state index in [0.717, 1.165) is 33.9 Å². The van der Waals surface area contributed by atoms with Gasteiger partial charge in [0.15, 0.2) is 5.13 Å². The van der Waals surface area contributed by atoms with Gasteiger partial charge in [-0.15, -0.1) is 11.3 Å². The summed E-state index contributed by atoms with van der Waals surface area (Å²) in [5, 5.41) is 0.517. The third kappa shape index (κ3) is 3.09. The Morgan fingerprint density at radius 1 is 1.09 bits per heavy atom. The van der Waals surface area contributed by atoms with Gasteiger partial charge < -0.3 is 10.5 Å². The van der Waals surface area contributed by atoms with E-state index in [4.69, 9.17) is 10.5 Å². The lowest BCUT2D eigenvalue weighted by molar-refractivity contribution is 0.414. The van der Waals surface area contributed by atoms with Crippen LogP contribution in [0, 0.1) is 5.82 Å². The van der Waals surface area contributed by atoms with Crippen LogP contribution in [0.1, 0.15) is 10.4 Å². The second-order valence-electron chi connectivity index (χ2n) is 4.86. The molecular weight excluding hydrogens is 299 g/mol. The van der Waals surface area contributed by atoms with Crippen LogP contribution < -0.4 is 10.5 Å². The van der Waals surface area contributed by atoms with Gasteiger partial charge in [-0.3, -0.25) is 0 Å². The number of nitrogens with two attached hydrogens (primary N) is 1. The van der Waals surface area contributed by atoms with Crippen molar-refractivity contribution in [1.82, 2.24) is 4.98 Å². The van der Waals surface area contributed by atoms with Gasteiger partial charge in [-0.05, 0) is 42.0 Å². The molecule has 0 aliphatic rings. The van der Waals surface area contributed by atoms with E-state index in [0.29, 0.717) is 5.13 Å². The Kier molecular flexibility index (Phi) is 4.06. The molecule has 0 radical (unpaired) electrons. The van der Waals surface area contributed by atoms with Crippen LogP contribution in [0.3, 0.4) is 0 Å². The standard InChI is InChI=1S/C17H15FN2OS/c1-21-14-8-2-11(3-9-14)10-15-16(20-17(19)22-15)12-4-6-13(18)7-5-12/h2-9H,10H2,1H3,(H2,19,20). The summed E-state index contributed by atoms with van der Waals surface area (Å²) in [5.41, 5.74) is 8.70. The largest absolute Gasteiger partial charge is 0.497 e. The van der Waals surface area contributed by atoms with Gasteiger partial charge in [0.1, 0.15) is 11.6 Å². The molecule has 0 aliphatic carbocycles. The number of hydrogen-bond donors (Lipinski definition) is 1. The van der Waals surface area contributed by atoms with E-state index in [1.54, 1.807) is 19.2 Å². The second kappa shape index (κ2) is 6.15. The maximum atomic E-state index is 13.1. The molecule has 5 heteroatoms. The first kappa shape index (κ1) is 14.5. The Hall–Kier alpha value is -2.40. The predicted octanol–water partition coefficient (Wildman–Crippen LogP) is 4.13. The molecule has 3 rings (SSSR count). The van der Waals surface area contributed by atoms with Crippen molar-refractivity contribution in [1.29, 1.82) is 0 Å². The number of nitrogen functional groups attached to an aromatic ring is 1. The number of halogens is 1. The molecule has 0 bridgehead atoms. The van der Waals surface area contributed by atoms with Crippen LogP contribution >= 0.6 is 11.3 Å². The molecular formula is C17H15FN2OS. The van der Waals surface area contributed by atoms with E-state index in [2.05, 4.69) is 4.98 Å². The van der Waals surface area contributed by atoms with Crippen molar-refractivity contribution in [3.8, 4) is 17.0 Å². The molecule has 0 unspecified atom stereocenters. The van der Waals surface area contributed by atoms with E-state index in [1.165, 1.54) is 23.5 Å². The number of ether oxygens (including phenoxy) is 1. The number of thiazole rings is 1. The van der Waals surface area contributed by atoms with Crippen molar-refractivity contribution in [3.05, 3.63) is 64.8 Å². The second-order valence-corrected chi connectivity index (χ2v) is 5.97. The highest BCUT2D eigenvalue weighted by Crippen LogP contribution is 2.31. The maximum Gasteiger partial charge on any atom is 0.180 e. The van der Waals surface area contributed by atoms with Gasteiger partial charge in [0.25, 0.3) is 0 Å². The normalized spacial score (nSPS) is 10.6. The zero-order valence-corrected chi connectivity index (χ0v) is 12.9. The van der Waals surface area contributed by atoms with Crippen LogP contribution in [0.15, 0.2) is 48.5 Å². The Balaban J connectivity index is 1.91. The van der Waals surface area contributed by atoms with Crippen molar-refractivity contribution in [3.63, 3.8) is 0 Å². The molecule has 0 saturated carbocycles. The minimum atomic E-state index is -0.261. The minimum Gasteiger partial charge on any atom is -0.497 e. The lowest BCUT2D eigenvalue weighted by atomic mass is 10.1. The number of nitrogens with zero attached hydrogens (tertiary/aromatic N) is 1. The van der Waals surface area contributed by atoms with Gasteiger partial charge in [-0.1, -0.05) is 12.1 Å². The zero-order valence-electron chi connectivity index (χ0n) is 12.0. The molecule has 0 atom stereocenters. The lowest BCUT2D eigenvalue weighted by Crippen LogP contribution is -1.90. The summed E-state index contributed by atoms with van der Waals surface area (Å²) in [6.07, 6.45) is 0.728. The number of rotatable bonds is 4. The number of benzene rings is 2. The van der Waals surface area contributed by atoms with Crippen molar-refractivity contribution in [2.24, 2.45) is 0 Å². The van der Waals surface area contributed by atoms with Crippen LogP contribution in [-0.2, 0) is 6.42 Å². The molecule has 2 N–H and O–H groups in total. The molecule has 3 aromatic rings. The average Bonchev–Trinajstić information content (AvgIpc) is 2.89. The van der Waals surface area contributed by atoms with Crippen LogP contribution in [-0.4, -0.2) is 12.1 Å². The molecule has 0 saturated heterocycles. The molecule has 0 aliphatic heterocycles. The highest BCUT2D eigenvalue weighted by Gasteiger charge is 2.12. The Morgan fingerprint density at radius 2 is 1.77 bits per heavy atom. The fourth-order valence-electron chi connectivity index (χ4n) is 2.25. The first-order valence-electron chi connectivity index (χ1n) is 6.80. The third-order valence-electron chi connectivity index (χ3n) is 3.36. The van der Waals surface area contributed by atoms with Gasteiger partial charge in [0.2, 0.25) is 0 Å². The average molecular weight is 314 g/mol. The molecule has 112 valence electrons. The smallest absolute Gasteiger partial charge is 0.180 e. The summed E-state index contributed by atoms with van der Waals surface area (Å²) >= 11 is 1.46. The van der Waals surface area contributed by atoms with Crippen LogP contribution in [0.5, 0.6) is 5.75 Å². The first-order valence-corrected chi connectivity index (χ1v) is 7.61. The van der Waals surface area contributed by atoms with Gasteiger partial charge in [-0.25, -0.2) is 9.37 Å². The molecule has 22 heavy (non-hydrogen) atoms. The number of anilines is 1. The van der Waals surface area contributed by atoms with E-state index in [-0.39, 0.29) is 5.82 Å². The van der Waals surface area contributed by atoms with Crippen molar-refractivity contribution in [2.75, 3.05) is 12.8 Å². The Labute approximate surface area is 132 Å². The van der Waals surface area contributed by atoms with Crippen LogP contribution in [0.4, 0.5) is 9.52 Å². The Bertz CT molecular complexity index is 766. The van der Waals surface area contributed by atoms with E-state index >= 15 is 0 Å². The van der Waals surface area contributed by atoms with Crippen molar-refractivity contribution in [2.45, 2.75) is 6.42 Å². The molecule has 0 fully saturated rings. The SMILES string of the molecule is COc1ccc(Cc2sc(N)nc2-c2ccc(F)cc2)cc1.